The largest absolute Gasteiger partial charge is 0.480 e. The molecule has 31 heavy (non-hydrogen) atoms. The minimum Gasteiger partial charge on any atom is -0.480 e. The molecule has 8 heteroatoms. The van der Waals surface area contributed by atoms with Crippen molar-refractivity contribution in [3.05, 3.63) is 60.2 Å². The molecular formula is C23H28N4O3S. The highest BCUT2D eigenvalue weighted by Gasteiger charge is 2.15. The zero-order chi connectivity index (χ0) is 22.1. The van der Waals surface area contributed by atoms with E-state index in [1.807, 2.05) is 66.4 Å². The van der Waals surface area contributed by atoms with Crippen LogP contribution in [0.3, 0.4) is 0 Å². The van der Waals surface area contributed by atoms with Gasteiger partial charge < -0.3 is 19.9 Å². The van der Waals surface area contributed by atoms with Gasteiger partial charge in [0, 0.05) is 25.4 Å². The zero-order valence-electron chi connectivity index (χ0n) is 17.7. The van der Waals surface area contributed by atoms with Crippen LogP contribution in [0.2, 0.25) is 0 Å². The van der Waals surface area contributed by atoms with E-state index in [1.54, 1.807) is 4.57 Å². The number of carbonyl (C=O) groups is 2. The molecule has 0 unspecified atom stereocenters. The SMILES string of the molecule is CCCNC(=O)N(CCCSc1nc2ccccc2n1CC(=O)O)Cc1ccccc1. The fourth-order valence-electron chi connectivity index (χ4n) is 3.27. The molecule has 164 valence electrons. The number of imidazole rings is 1. The molecule has 0 fully saturated rings. The van der Waals surface area contributed by atoms with Crippen molar-refractivity contribution in [1.29, 1.82) is 0 Å². The number of carboxylic acids is 1. The molecule has 0 saturated heterocycles. The predicted octanol–water partition coefficient (Wildman–Crippen LogP) is 4.22. The summed E-state index contributed by atoms with van der Waals surface area (Å²) >= 11 is 1.52. The monoisotopic (exact) mass is 440 g/mol. The second kappa shape index (κ2) is 11.4. The van der Waals surface area contributed by atoms with Crippen molar-refractivity contribution in [2.75, 3.05) is 18.8 Å². The van der Waals surface area contributed by atoms with E-state index in [0.29, 0.717) is 24.8 Å². The molecule has 1 aromatic heterocycles. The lowest BCUT2D eigenvalue weighted by molar-refractivity contribution is -0.137. The number of fused-ring (bicyclic) bond motifs is 1. The summed E-state index contributed by atoms with van der Waals surface area (Å²) in [6, 6.07) is 17.4. The Morgan fingerprint density at radius 2 is 1.87 bits per heavy atom. The molecule has 2 amide bonds. The Balaban J connectivity index is 1.62. The molecular weight excluding hydrogens is 412 g/mol. The first-order chi connectivity index (χ1) is 15.1. The molecule has 2 aromatic carbocycles. The fraction of sp³-hybridized carbons (Fsp3) is 0.348. The van der Waals surface area contributed by atoms with Crippen LogP contribution in [0.5, 0.6) is 0 Å². The van der Waals surface area contributed by atoms with Crippen LogP contribution in [0, 0.1) is 0 Å². The first-order valence-corrected chi connectivity index (χ1v) is 11.4. The molecule has 0 aliphatic rings. The number of para-hydroxylation sites is 2. The Morgan fingerprint density at radius 3 is 2.61 bits per heavy atom. The highest BCUT2D eigenvalue weighted by molar-refractivity contribution is 7.99. The van der Waals surface area contributed by atoms with Gasteiger partial charge >= 0.3 is 12.0 Å². The quantitative estimate of drug-likeness (QED) is 0.344. The lowest BCUT2D eigenvalue weighted by Gasteiger charge is -2.23. The third-order valence-electron chi connectivity index (χ3n) is 4.75. The van der Waals surface area contributed by atoms with Gasteiger partial charge in [-0.3, -0.25) is 4.79 Å². The van der Waals surface area contributed by atoms with Gasteiger partial charge in [0.1, 0.15) is 6.54 Å². The van der Waals surface area contributed by atoms with Gasteiger partial charge in [-0.1, -0.05) is 61.2 Å². The number of amides is 2. The Labute approximate surface area is 186 Å². The van der Waals surface area contributed by atoms with Crippen LogP contribution < -0.4 is 5.32 Å². The number of rotatable bonds is 11. The van der Waals surface area contributed by atoms with E-state index in [1.165, 1.54) is 11.8 Å². The Kier molecular flexibility index (Phi) is 8.35. The van der Waals surface area contributed by atoms with Crippen LogP contribution in [0.4, 0.5) is 4.79 Å². The van der Waals surface area contributed by atoms with Crippen molar-refractivity contribution in [3.8, 4) is 0 Å². The lowest BCUT2D eigenvalue weighted by atomic mass is 10.2. The van der Waals surface area contributed by atoms with Gasteiger partial charge in [0.15, 0.2) is 5.16 Å². The van der Waals surface area contributed by atoms with Crippen molar-refractivity contribution in [2.24, 2.45) is 0 Å². The number of carbonyl (C=O) groups excluding carboxylic acids is 1. The minimum absolute atomic E-state index is 0.0613. The van der Waals surface area contributed by atoms with E-state index < -0.39 is 5.97 Å². The number of aliphatic carboxylic acids is 1. The van der Waals surface area contributed by atoms with E-state index in [-0.39, 0.29) is 12.6 Å². The van der Waals surface area contributed by atoms with Crippen molar-refractivity contribution >= 4 is 34.8 Å². The molecule has 2 N–H and O–H groups in total. The number of benzene rings is 2. The van der Waals surface area contributed by atoms with Crippen molar-refractivity contribution in [2.45, 2.75) is 38.0 Å². The summed E-state index contributed by atoms with van der Waals surface area (Å²) < 4.78 is 1.73. The molecule has 3 rings (SSSR count). The van der Waals surface area contributed by atoms with Gasteiger partial charge in [-0.15, -0.1) is 0 Å². The predicted molar refractivity (Wildman–Crippen MR) is 123 cm³/mol. The van der Waals surface area contributed by atoms with Crippen LogP contribution >= 0.6 is 11.8 Å². The number of nitrogens with one attached hydrogen (secondary N) is 1. The summed E-state index contributed by atoms with van der Waals surface area (Å²) in [7, 11) is 0. The van der Waals surface area contributed by atoms with Gasteiger partial charge in [0.2, 0.25) is 0 Å². The van der Waals surface area contributed by atoms with Gasteiger partial charge in [-0.05, 0) is 30.5 Å². The fourth-order valence-corrected chi connectivity index (χ4v) is 4.21. The number of nitrogens with zero attached hydrogens (tertiary/aromatic N) is 3. The smallest absolute Gasteiger partial charge is 0.323 e. The third-order valence-corrected chi connectivity index (χ3v) is 5.81. The van der Waals surface area contributed by atoms with Gasteiger partial charge in [-0.25, -0.2) is 9.78 Å². The third kappa shape index (κ3) is 6.49. The number of urea groups is 1. The maximum atomic E-state index is 12.6. The second-order valence-electron chi connectivity index (χ2n) is 7.20. The number of thioether (sulfide) groups is 1. The average Bonchev–Trinajstić information content (AvgIpc) is 3.11. The maximum absolute atomic E-state index is 12.6. The van der Waals surface area contributed by atoms with Crippen LogP contribution in [0.25, 0.3) is 11.0 Å². The number of hydrogen-bond donors (Lipinski definition) is 2. The molecule has 3 aromatic rings. The van der Waals surface area contributed by atoms with Gasteiger partial charge in [-0.2, -0.15) is 0 Å². The van der Waals surface area contributed by atoms with Crippen LogP contribution in [0.15, 0.2) is 59.8 Å². The Bertz CT molecular complexity index is 1010. The van der Waals surface area contributed by atoms with E-state index >= 15 is 0 Å². The molecule has 7 nitrogen and oxygen atoms in total. The Morgan fingerprint density at radius 1 is 1.13 bits per heavy atom. The van der Waals surface area contributed by atoms with Crippen molar-refractivity contribution in [3.63, 3.8) is 0 Å². The van der Waals surface area contributed by atoms with E-state index in [9.17, 15) is 14.7 Å². The number of carboxylic acid groups (broad SMARTS) is 1. The highest BCUT2D eigenvalue weighted by Crippen LogP contribution is 2.24. The molecule has 0 saturated carbocycles. The van der Waals surface area contributed by atoms with Gasteiger partial charge in [0.05, 0.1) is 11.0 Å². The van der Waals surface area contributed by atoms with Crippen LogP contribution in [-0.2, 0) is 17.9 Å². The molecule has 1 heterocycles. The highest BCUT2D eigenvalue weighted by atomic mass is 32.2. The van der Waals surface area contributed by atoms with E-state index in [4.69, 9.17) is 0 Å². The van der Waals surface area contributed by atoms with Crippen LogP contribution in [-0.4, -0.2) is 50.4 Å². The number of aromatic nitrogens is 2. The first-order valence-electron chi connectivity index (χ1n) is 10.4. The average molecular weight is 441 g/mol. The molecule has 0 aliphatic heterocycles. The summed E-state index contributed by atoms with van der Waals surface area (Å²) in [5.41, 5.74) is 2.69. The lowest BCUT2D eigenvalue weighted by Crippen LogP contribution is -2.40. The maximum Gasteiger partial charge on any atom is 0.323 e. The second-order valence-corrected chi connectivity index (χ2v) is 8.27. The molecule has 0 atom stereocenters. The normalized spacial score (nSPS) is 10.9. The topological polar surface area (TPSA) is 87.5 Å². The minimum atomic E-state index is -0.897. The first kappa shape index (κ1) is 22.7. The Hall–Kier alpha value is -3.00. The van der Waals surface area contributed by atoms with E-state index in [0.717, 1.165) is 35.2 Å². The van der Waals surface area contributed by atoms with Crippen LogP contribution in [0.1, 0.15) is 25.3 Å². The van der Waals surface area contributed by atoms with Crippen molar-refractivity contribution < 1.29 is 14.7 Å². The molecule has 0 radical (unpaired) electrons. The zero-order valence-corrected chi connectivity index (χ0v) is 18.5. The summed E-state index contributed by atoms with van der Waals surface area (Å²) in [4.78, 5) is 30.3. The summed E-state index contributed by atoms with van der Waals surface area (Å²) in [6.45, 7) is 3.72. The van der Waals surface area contributed by atoms with E-state index in [2.05, 4.69) is 10.3 Å². The summed E-state index contributed by atoms with van der Waals surface area (Å²) in [5.74, 6) is -0.165. The summed E-state index contributed by atoms with van der Waals surface area (Å²) in [6.07, 6.45) is 1.66. The van der Waals surface area contributed by atoms with Gasteiger partial charge in [0.25, 0.3) is 0 Å². The standard InChI is InChI=1S/C23H28N4O3S/c1-2-13-24-22(30)26(16-18-9-4-3-5-10-18)14-8-15-31-23-25-19-11-6-7-12-20(19)27(23)17-21(28)29/h3-7,9-12H,2,8,13-17H2,1H3,(H,24,30)(H,28,29). The molecule has 0 aliphatic carbocycles. The molecule has 0 bridgehead atoms. The summed E-state index contributed by atoms with van der Waals surface area (Å²) in [5, 5.41) is 12.9. The number of hydrogen-bond acceptors (Lipinski definition) is 4. The molecule has 0 spiro atoms. The van der Waals surface area contributed by atoms with Crippen molar-refractivity contribution in [1.82, 2.24) is 19.8 Å².